The molecule has 0 aliphatic rings. The lowest BCUT2D eigenvalue weighted by molar-refractivity contribution is -0.118. The van der Waals surface area contributed by atoms with Gasteiger partial charge in [0.15, 0.2) is 5.78 Å². The van der Waals surface area contributed by atoms with Gasteiger partial charge < -0.3 is 20.4 Å². The summed E-state index contributed by atoms with van der Waals surface area (Å²) in [5, 5.41) is 40.4. The summed E-state index contributed by atoms with van der Waals surface area (Å²) in [7, 11) is 0. The molecule has 0 heterocycles. The van der Waals surface area contributed by atoms with Gasteiger partial charge in [-0.1, -0.05) is 36.4 Å². The molecule has 130 valence electrons. The van der Waals surface area contributed by atoms with Gasteiger partial charge in [-0.3, -0.25) is 4.79 Å². The fourth-order valence-electron chi connectivity index (χ4n) is 2.82. The van der Waals surface area contributed by atoms with Crippen LogP contribution in [0.1, 0.15) is 25.0 Å². The Bertz CT molecular complexity index is 828. The fraction of sp³-hybridized carbons (Fsp3) is 0.150. The normalized spacial score (nSPS) is 14.0. The van der Waals surface area contributed by atoms with E-state index in [4.69, 9.17) is 0 Å². The van der Waals surface area contributed by atoms with Gasteiger partial charge in [-0.05, 0) is 26.0 Å². The van der Waals surface area contributed by atoms with E-state index in [-0.39, 0.29) is 22.6 Å². The van der Waals surface area contributed by atoms with Crippen LogP contribution >= 0.6 is 0 Å². The number of para-hydroxylation sites is 1. The van der Waals surface area contributed by atoms with Crippen LogP contribution in [0.5, 0.6) is 23.0 Å². The molecule has 5 nitrogen and oxygen atoms in total. The van der Waals surface area contributed by atoms with Crippen molar-refractivity contribution in [2.45, 2.75) is 19.3 Å². The third kappa shape index (κ3) is 3.35. The van der Waals surface area contributed by atoms with E-state index in [1.54, 1.807) is 37.3 Å². The summed E-state index contributed by atoms with van der Waals surface area (Å²) in [6, 6.07) is 8.29. The van der Waals surface area contributed by atoms with Gasteiger partial charge in [0, 0.05) is 17.7 Å². The van der Waals surface area contributed by atoms with Crippen LogP contribution < -0.4 is 0 Å². The molecule has 0 saturated heterocycles. The van der Waals surface area contributed by atoms with Crippen molar-refractivity contribution in [3.63, 3.8) is 0 Å². The van der Waals surface area contributed by atoms with Crippen LogP contribution in [-0.4, -0.2) is 26.2 Å². The number of phenolic OH excluding ortho intramolecular Hbond substituents is 4. The van der Waals surface area contributed by atoms with E-state index in [9.17, 15) is 25.2 Å². The summed E-state index contributed by atoms with van der Waals surface area (Å²) >= 11 is 0. The summed E-state index contributed by atoms with van der Waals surface area (Å²) < 4.78 is 0. The van der Waals surface area contributed by atoms with E-state index in [1.165, 1.54) is 25.1 Å². The zero-order valence-electron chi connectivity index (χ0n) is 14.0. The van der Waals surface area contributed by atoms with Crippen LogP contribution in [0.3, 0.4) is 0 Å². The molecule has 4 N–H and O–H groups in total. The Balaban J connectivity index is 2.78. The molecule has 1 atom stereocenters. The molecule has 25 heavy (non-hydrogen) atoms. The molecule has 0 spiro atoms. The molecule has 5 heteroatoms. The second-order valence-corrected chi connectivity index (χ2v) is 5.75. The number of allylic oxidation sites excluding steroid dienone is 4. The zero-order valence-corrected chi connectivity index (χ0v) is 14.0. The number of rotatable bonds is 5. The summed E-state index contributed by atoms with van der Waals surface area (Å²) in [6.45, 7) is 3.30. The average molecular weight is 340 g/mol. The Morgan fingerprint density at radius 1 is 0.960 bits per heavy atom. The van der Waals surface area contributed by atoms with E-state index in [0.29, 0.717) is 0 Å². The van der Waals surface area contributed by atoms with Gasteiger partial charge in [-0.25, -0.2) is 0 Å². The number of benzene rings is 2. The second kappa shape index (κ2) is 7.13. The van der Waals surface area contributed by atoms with Crippen molar-refractivity contribution >= 4 is 5.78 Å². The minimum atomic E-state index is -1.56. The van der Waals surface area contributed by atoms with Gasteiger partial charge in [0.1, 0.15) is 23.0 Å². The number of aromatic hydroxyl groups is 4. The van der Waals surface area contributed by atoms with Crippen LogP contribution in [0.4, 0.5) is 0 Å². The highest BCUT2D eigenvalue weighted by atomic mass is 16.3. The van der Waals surface area contributed by atoms with E-state index < -0.39 is 22.7 Å². The Morgan fingerprint density at radius 2 is 1.56 bits per heavy atom. The first-order valence-corrected chi connectivity index (χ1v) is 7.70. The standard InChI is InChI=1S/C20H20O5/c1-3-4-5-10-18(25)20(2,14-8-6-7-9-15(14)22)19-16(23)11-13(21)12-17(19)24/h3-12,21-24H,1-2H3/b4-3-,10-5-. The lowest BCUT2D eigenvalue weighted by atomic mass is 9.71. The highest BCUT2D eigenvalue weighted by Crippen LogP contribution is 2.47. The largest absolute Gasteiger partial charge is 0.508 e. The molecule has 0 radical (unpaired) electrons. The number of phenols is 4. The summed E-state index contributed by atoms with van der Waals surface area (Å²) in [6.07, 6.45) is 6.25. The van der Waals surface area contributed by atoms with Crippen molar-refractivity contribution in [2.75, 3.05) is 0 Å². The molecule has 1 unspecified atom stereocenters. The maximum Gasteiger partial charge on any atom is 0.170 e. The highest BCUT2D eigenvalue weighted by Gasteiger charge is 2.41. The minimum absolute atomic E-state index is 0.0954. The first kappa shape index (κ1) is 18.1. The first-order valence-electron chi connectivity index (χ1n) is 7.70. The van der Waals surface area contributed by atoms with Crippen molar-refractivity contribution in [2.24, 2.45) is 0 Å². The average Bonchev–Trinajstić information content (AvgIpc) is 2.54. The van der Waals surface area contributed by atoms with Crippen LogP contribution in [0.2, 0.25) is 0 Å². The molecule has 0 aliphatic heterocycles. The summed E-state index contributed by atoms with van der Waals surface area (Å²) in [4.78, 5) is 13.0. The van der Waals surface area contributed by atoms with Gasteiger partial charge in [-0.2, -0.15) is 0 Å². The number of hydrogen-bond donors (Lipinski definition) is 4. The summed E-state index contributed by atoms with van der Waals surface area (Å²) in [5.74, 6) is -1.84. The van der Waals surface area contributed by atoms with Gasteiger partial charge in [-0.15, -0.1) is 0 Å². The fourth-order valence-corrected chi connectivity index (χ4v) is 2.82. The van der Waals surface area contributed by atoms with Crippen molar-refractivity contribution in [3.05, 3.63) is 71.8 Å². The highest BCUT2D eigenvalue weighted by molar-refractivity contribution is 6.03. The SMILES string of the molecule is C/C=C\C=C/C(=O)C(C)(c1ccccc1O)c1c(O)cc(O)cc1O. The molecule has 0 amide bonds. The Morgan fingerprint density at radius 3 is 2.12 bits per heavy atom. The molecule has 0 saturated carbocycles. The zero-order chi connectivity index (χ0) is 18.6. The number of carbonyl (C=O) groups is 1. The maximum absolute atomic E-state index is 13.0. The Kier molecular flexibility index (Phi) is 5.17. The van der Waals surface area contributed by atoms with Crippen molar-refractivity contribution in [1.82, 2.24) is 0 Å². The van der Waals surface area contributed by atoms with Crippen molar-refractivity contribution < 1.29 is 25.2 Å². The van der Waals surface area contributed by atoms with E-state index in [1.807, 2.05) is 0 Å². The Labute approximate surface area is 145 Å². The van der Waals surface area contributed by atoms with Crippen molar-refractivity contribution in [3.8, 4) is 23.0 Å². The predicted molar refractivity (Wildman–Crippen MR) is 95.0 cm³/mol. The molecule has 2 aromatic rings. The second-order valence-electron chi connectivity index (χ2n) is 5.75. The molecule has 0 fully saturated rings. The molecular formula is C20H20O5. The smallest absolute Gasteiger partial charge is 0.170 e. The predicted octanol–water partition coefficient (Wildman–Crippen LogP) is 3.52. The topological polar surface area (TPSA) is 98.0 Å². The molecule has 0 aromatic heterocycles. The number of hydrogen-bond acceptors (Lipinski definition) is 5. The van der Waals surface area contributed by atoms with Gasteiger partial charge in [0.25, 0.3) is 0 Å². The first-order chi connectivity index (χ1) is 11.8. The monoisotopic (exact) mass is 340 g/mol. The third-order valence-corrected chi connectivity index (χ3v) is 4.07. The molecule has 2 rings (SSSR count). The molecule has 0 bridgehead atoms. The Hall–Kier alpha value is -3.21. The lowest BCUT2D eigenvalue weighted by Gasteiger charge is -2.30. The van der Waals surface area contributed by atoms with Crippen LogP contribution in [0.25, 0.3) is 0 Å². The number of carbonyl (C=O) groups excluding carboxylic acids is 1. The van der Waals surface area contributed by atoms with E-state index in [0.717, 1.165) is 12.1 Å². The van der Waals surface area contributed by atoms with E-state index >= 15 is 0 Å². The van der Waals surface area contributed by atoms with Gasteiger partial charge in [0.2, 0.25) is 0 Å². The quantitative estimate of drug-likeness (QED) is 0.493. The van der Waals surface area contributed by atoms with Crippen molar-refractivity contribution in [1.29, 1.82) is 0 Å². The third-order valence-electron chi connectivity index (χ3n) is 4.07. The lowest BCUT2D eigenvalue weighted by Crippen LogP contribution is -2.33. The van der Waals surface area contributed by atoms with Crippen LogP contribution in [-0.2, 0) is 10.2 Å². The van der Waals surface area contributed by atoms with Crippen LogP contribution in [0.15, 0.2) is 60.7 Å². The molecule has 0 aliphatic carbocycles. The number of ketones is 1. The van der Waals surface area contributed by atoms with Crippen LogP contribution in [0, 0.1) is 0 Å². The molecular weight excluding hydrogens is 320 g/mol. The van der Waals surface area contributed by atoms with Gasteiger partial charge >= 0.3 is 0 Å². The van der Waals surface area contributed by atoms with Gasteiger partial charge in [0.05, 0.1) is 11.0 Å². The summed E-state index contributed by atoms with van der Waals surface area (Å²) in [5.41, 5.74) is -1.44. The van der Waals surface area contributed by atoms with E-state index in [2.05, 4.69) is 0 Å². The minimum Gasteiger partial charge on any atom is -0.508 e. The molecule has 2 aromatic carbocycles. The maximum atomic E-state index is 13.0.